The highest BCUT2D eigenvalue weighted by atomic mass is 16.5. The fraction of sp³-hybridized carbons (Fsp3) is 0.188. The Morgan fingerprint density at radius 1 is 1.21 bits per heavy atom. The maximum atomic E-state index is 12.2. The third-order valence-corrected chi connectivity index (χ3v) is 2.61. The summed E-state index contributed by atoms with van der Waals surface area (Å²) >= 11 is 0. The second kappa shape index (κ2) is 7.21. The molecule has 0 radical (unpaired) electrons. The molecule has 0 fully saturated rings. The van der Waals surface area contributed by atoms with Crippen LogP contribution in [0.4, 0.5) is 0 Å². The number of rotatable bonds is 5. The monoisotopic (exact) mass is 258 g/mol. The number of aliphatic hydroxyl groups is 1. The van der Waals surface area contributed by atoms with E-state index in [4.69, 9.17) is 4.74 Å². The first-order chi connectivity index (χ1) is 9.13. The van der Waals surface area contributed by atoms with Gasteiger partial charge in [0.2, 0.25) is 0 Å². The molecule has 0 aliphatic rings. The SMILES string of the molecule is C\C=C/C=C(O)\C(=C/C)C(=O)c1ccc(OC)cc1. The van der Waals surface area contributed by atoms with Crippen LogP contribution in [0.2, 0.25) is 0 Å². The molecule has 0 unspecified atom stereocenters. The van der Waals surface area contributed by atoms with Crippen LogP contribution in [-0.2, 0) is 0 Å². The predicted molar refractivity (Wildman–Crippen MR) is 76.6 cm³/mol. The van der Waals surface area contributed by atoms with Crippen LogP contribution in [-0.4, -0.2) is 18.0 Å². The quantitative estimate of drug-likeness (QED) is 0.378. The van der Waals surface area contributed by atoms with E-state index >= 15 is 0 Å². The van der Waals surface area contributed by atoms with Crippen molar-refractivity contribution in [1.82, 2.24) is 0 Å². The van der Waals surface area contributed by atoms with E-state index in [-0.39, 0.29) is 17.1 Å². The summed E-state index contributed by atoms with van der Waals surface area (Å²) in [7, 11) is 1.57. The Hall–Kier alpha value is -2.29. The lowest BCUT2D eigenvalue weighted by atomic mass is 10.0. The number of ketones is 1. The van der Waals surface area contributed by atoms with Gasteiger partial charge in [-0.3, -0.25) is 4.79 Å². The lowest BCUT2D eigenvalue weighted by molar-refractivity contribution is 0.103. The second-order valence-corrected chi connectivity index (χ2v) is 3.84. The molecule has 3 nitrogen and oxygen atoms in total. The van der Waals surface area contributed by atoms with Gasteiger partial charge >= 0.3 is 0 Å². The number of aliphatic hydroxyl groups excluding tert-OH is 1. The molecule has 0 atom stereocenters. The number of allylic oxidation sites excluding steroid dienone is 5. The molecule has 1 N–H and O–H groups in total. The van der Waals surface area contributed by atoms with Crippen molar-refractivity contribution in [3.05, 3.63) is 65.5 Å². The van der Waals surface area contributed by atoms with E-state index < -0.39 is 0 Å². The van der Waals surface area contributed by atoms with Crippen LogP contribution >= 0.6 is 0 Å². The van der Waals surface area contributed by atoms with Crippen molar-refractivity contribution in [1.29, 1.82) is 0 Å². The predicted octanol–water partition coefficient (Wildman–Crippen LogP) is 3.84. The van der Waals surface area contributed by atoms with Crippen LogP contribution in [0, 0.1) is 0 Å². The molecule has 0 aliphatic heterocycles. The Morgan fingerprint density at radius 3 is 2.32 bits per heavy atom. The Morgan fingerprint density at radius 2 is 1.84 bits per heavy atom. The molecule has 19 heavy (non-hydrogen) atoms. The highest BCUT2D eigenvalue weighted by Crippen LogP contribution is 2.18. The number of benzene rings is 1. The van der Waals surface area contributed by atoms with Crippen LogP contribution in [0.15, 0.2) is 59.9 Å². The number of hydrogen-bond donors (Lipinski definition) is 1. The third-order valence-electron chi connectivity index (χ3n) is 2.61. The van der Waals surface area contributed by atoms with Gasteiger partial charge in [0.1, 0.15) is 11.5 Å². The minimum Gasteiger partial charge on any atom is -0.507 e. The van der Waals surface area contributed by atoms with Gasteiger partial charge in [0, 0.05) is 5.56 Å². The van der Waals surface area contributed by atoms with Crippen LogP contribution in [0.3, 0.4) is 0 Å². The number of Topliss-reactive ketones (excluding diaryl/α,β-unsaturated/α-hetero) is 1. The van der Waals surface area contributed by atoms with E-state index in [0.29, 0.717) is 11.3 Å². The van der Waals surface area contributed by atoms with Gasteiger partial charge in [-0.15, -0.1) is 0 Å². The minimum atomic E-state index is -0.219. The molecule has 0 aromatic heterocycles. The molecule has 1 aromatic carbocycles. The lowest BCUT2D eigenvalue weighted by Crippen LogP contribution is -2.05. The smallest absolute Gasteiger partial charge is 0.196 e. The van der Waals surface area contributed by atoms with Gasteiger partial charge < -0.3 is 9.84 Å². The largest absolute Gasteiger partial charge is 0.507 e. The molecule has 0 aliphatic carbocycles. The van der Waals surface area contributed by atoms with Gasteiger partial charge in [-0.2, -0.15) is 0 Å². The topological polar surface area (TPSA) is 46.5 Å². The van der Waals surface area contributed by atoms with Crippen molar-refractivity contribution in [2.75, 3.05) is 7.11 Å². The summed E-state index contributed by atoms with van der Waals surface area (Å²) in [6, 6.07) is 6.78. The highest BCUT2D eigenvalue weighted by Gasteiger charge is 2.14. The average Bonchev–Trinajstić information content (AvgIpc) is 2.45. The van der Waals surface area contributed by atoms with Gasteiger partial charge in [0.25, 0.3) is 0 Å². The maximum Gasteiger partial charge on any atom is 0.196 e. The maximum absolute atomic E-state index is 12.2. The normalized spacial score (nSPS) is 12.8. The molecule has 100 valence electrons. The number of hydrogen-bond acceptors (Lipinski definition) is 3. The fourth-order valence-electron chi connectivity index (χ4n) is 1.57. The van der Waals surface area contributed by atoms with Crippen molar-refractivity contribution in [3.8, 4) is 5.75 Å². The molecule has 0 bridgehead atoms. The summed E-state index contributed by atoms with van der Waals surface area (Å²) in [5, 5.41) is 9.87. The molecular formula is C16H18O3. The zero-order chi connectivity index (χ0) is 14.3. The Bertz CT molecular complexity index is 519. The number of ether oxygens (including phenoxy) is 1. The zero-order valence-corrected chi connectivity index (χ0v) is 11.4. The van der Waals surface area contributed by atoms with E-state index in [2.05, 4.69) is 0 Å². The van der Waals surface area contributed by atoms with Crippen LogP contribution in [0.25, 0.3) is 0 Å². The molecule has 0 saturated carbocycles. The molecular weight excluding hydrogens is 240 g/mol. The van der Waals surface area contributed by atoms with Crippen LogP contribution in [0.1, 0.15) is 24.2 Å². The summed E-state index contributed by atoms with van der Waals surface area (Å²) in [5.74, 6) is 0.428. The van der Waals surface area contributed by atoms with E-state index in [0.717, 1.165) is 0 Å². The summed E-state index contributed by atoms with van der Waals surface area (Å²) in [6.07, 6.45) is 6.56. The van der Waals surface area contributed by atoms with Crippen LogP contribution < -0.4 is 4.74 Å². The molecule has 0 heterocycles. The first-order valence-corrected chi connectivity index (χ1v) is 6.01. The van der Waals surface area contributed by atoms with Gasteiger partial charge in [0.05, 0.1) is 12.7 Å². The van der Waals surface area contributed by atoms with Crippen molar-refractivity contribution in [2.24, 2.45) is 0 Å². The number of carbonyl (C=O) groups is 1. The van der Waals surface area contributed by atoms with E-state index in [1.54, 1.807) is 56.5 Å². The molecule has 0 amide bonds. The number of carbonyl (C=O) groups excluding carboxylic acids is 1. The second-order valence-electron chi connectivity index (χ2n) is 3.84. The van der Waals surface area contributed by atoms with Crippen molar-refractivity contribution in [2.45, 2.75) is 13.8 Å². The van der Waals surface area contributed by atoms with Crippen molar-refractivity contribution < 1.29 is 14.6 Å². The zero-order valence-electron chi connectivity index (χ0n) is 11.4. The summed E-state index contributed by atoms with van der Waals surface area (Å²) in [4.78, 5) is 12.2. The minimum absolute atomic E-state index is 0.0404. The molecule has 1 rings (SSSR count). The standard InChI is InChI=1S/C16H18O3/c1-4-6-7-15(17)14(5-2)16(18)12-8-10-13(19-3)11-9-12/h4-11,17H,1-3H3/b6-4-,14-5+,15-7+. The van der Waals surface area contributed by atoms with Gasteiger partial charge in [-0.05, 0) is 44.2 Å². The first kappa shape index (κ1) is 14.8. The van der Waals surface area contributed by atoms with E-state index in [9.17, 15) is 9.90 Å². The Labute approximate surface area is 113 Å². The summed E-state index contributed by atoms with van der Waals surface area (Å²) < 4.78 is 5.04. The van der Waals surface area contributed by atoms with Gasteiger partial charge in [-0.1, -0.05) is 18.2 Å². The Kier molecular flexibility index (Phi) is 5.61. The summed E-state index contributed by atoms with van der Waals surface area (Å²) in [6.45, 7) is 3.56. The average molecular weight is 258 g/mol. The van der Waals surface area contributed by atoms with Crippen molar-refractivity contribution in [3.63, 3.8) is 0 Å². The van der Waals surface area contributed by atoms with Gasteiger partial charge in [0.15, 0.2) is 5.78 Å². The third kappa shape index (κ3) is 3.85. The number of methoxy groups -OCH3 is 1. The van der Waals surface area contributed by atoms with Gasteiger partial charge in [-0.25, -0.2) is 0 Å². The molecule has 0 spiro atoms. The highest BCUT2D eigenvalue weighted by molar-refractivity contribution is 6.11. The summed E-state index contributed by atoms with van der Waals surface area (Å²) in [5.41, 5.74) is 0.789. The van der Waals surface area contributed by atoms with Crippen molar-refractivity contribution >= 4 is 5.78 Å². The lowest BCUT2D eigenvalue weighted by Gasteiger charge is -2.06. The van der Waals surface area contributed by atoms with Crippen LogP contribution in [0.5, 0.6) is 5.75 Å². The Balaban J connectivity index is 3.02. The van der Waals surface area contributed by atoms with E-state index in [1.165, 1.54) is 6.08 Å². The fourth-order valence-corrected chi connectivity index (χ4v) is 1.57. The first-order valence-electron chi connectivity index (χ1n) is 6.01. The molecule has 0 saturated heterocycles. The van der Waals surface area contributed by atoms with E-state index in [1.807, 2.05) is 6.92 Å². The molecule has 3 heteroatoms. The molecule has 1 aromatic rings.